The second-order valence-corrected chi connectivity index (χ2v) is 8.47. The number of para-hydroxylation sites is 1. The molecule has 2 unspecified atom stereocenters. The number of guanidine groups is 1. The van der Waals surface area contributed by atoms with Crippen LogP contribution in [0.1, 0.15) is 13.3 Å². The highest BCUT2D eigenvalue weighted by molar-refractivity contribution is 14.0. The van der Waals surface area contributed by atoms with E-state index in [2.05, 4.69) is 33.6 Å². The standard InChI is InChI=1S/C22H30FN5OS.HI/c1-16(15-30-20-9-5-4-8-19(20)29-3)13-26-22(24-2)27-17-10-12-28(14-17)21-18(23)7-6-11-25-21;/h4-9,11,16-17H,10,12-15H2,1-3H3,(H2,24,26,27);1H. The van der Waals surface area contributed by atoms with Crippen LogP contribution in [0.5, 0.6) is 5.75 Å². The lowest BCUT2D eigenvalue weighted by molar-refractivity contribution is 0.405. The van der Waals surface area contributed by atoms with Crippen LogP contribution >= 0.6 is 35.7 Å². The van der Waals surface area contributed by atoms with Gasteiger partial charge in [0.25, 0.3) is 0 Å². The summed E-state index contributed by atoms with van der Waals surface area (Å²) in [6.45, 7) is 4.50. The molecule has 1 aromatic heterocycles. The van der Waals surface area contributed by atoms with Crippen molar-refractivity contribution in [1.82, 2.24) is 15.6 Å². The minimum absolute atomic E-state index is 0. The summed E-state index contributed by atoms with van der Waals surface area (Å²) >= 11 is 1.80. The average molecular weight is 559 g/mol. The topological polar surface area (TPSA) is 61.8 Å². The summed E-state index contributed by atoms with van der Waals surface area (Å²) in [5.74, 6) is 3.25. The van der Waals surface area contributed by atoms with Crippen molar-refractivity contribution in [3.8, 4) is 5.75 Å². The Morgan fingerprint density at radius 2 is 2.16 bits per heavy atom. The third kappa shape index (κ3) is 7.41. The fraction of sp³-hybridized carbons (Fsp3) is 0.455. The quantitative estimate of drug-likeness (QED) is 0.221. The van der Waals surface area contributed by atoms with E-state index in [9.17, 15) is 4.39 Å². The number of aromatic nitrogens is 1. The van der Waals surface area contributed by atoms with Gasteiger partial charge in [-0.05, 0) is 36.6 Å². The van der Waals surface area contributed by atoms with E-state index in [1.807, 2.05) is 23.1 Å². The summed E-state index contributed by atoms with van der Waals surface area (Å²) in [6, 6.07) is 11.4. The maximum atomic E-state index is 14.0. The Hall–Kier alpha value is -1.75. The van der Waals surface area contributed by atoms with Crippen molar-refractivity contribution in [3.05, 3.63) is 48.4 Å². The summed E-state index contributed by atoms with van der Waals surface area (Å²) in [5, 5.41) is 6.87. The highest BCUT2D eigenvalue weighted by Crippen LogP contribution is 2.29. The molecule has 2 N–H and O–H groups in total. The zero-order valence-corrected chi connectivity index (χ0v) is 21.3. The van der Waals surface area contributed by atoms with Crippen molar-refractivity contribution in [2.75, 3.05) is 44.4 Å². The number of methoxy groups -OCH3 is 1. The fourth-order valence-corrected chi connectivity index (χ4v) is 4.42. The Morgan fingerprint density at radius 3 is 2.90 bits per heavy atom. The molecule has 0 saturated carbocycles. The van der Waals surface area contributed by atoms with Gasteiger partial charge in [-0.25, -0.2) is 9.37 Å². The highest BCUT2D eigenvalue weighted by Gasteiger charge is 2.26. The van der Waals surface area contributed by atoms with E-state index in [4.69, 9.17) is 4.74 Å². The number of thioether (sulfide) groups is 1. The molecule has 0 spiro atoms. The lowest BCUT2D eigenvalue weighted by Gasteiger charge is -2.21. The molecule has 0 amide bonds. The van der Waals surface area contributed by atoms with E-state index >= 15 is 0 Å². The van der Waals surface area contributed by atoms with E-state index in [-0.39, 0.29) is 35.8 Å². The number of nitrogens with one attached hydrogen (secondary N) is 2. The predicted molar refractivity (Wildman–Crippen MR) is 138 cm³/mol. The molecular weight excluding hydrogens is 528 g/mol. The summed E-state index contributed by atoms with van der Waals surface area (Å²) in [4.78, 5) is 11.7. The van der Waals surface area contributed by atoms with Gasteiger partial charge in [-0.3, -0.25) is 4.99 Å². The molecule has 1 aromatic carbocycles. The number of halogens is 2. The number of benzene rings is 1. The highest BCUT2D eigenvalue weighted by atomic mass is 127. The van der Waals surface area contributed by atoms with Crippen molar-refractivity contribution in [2.45, 2.75) is 24.3 Å². The molecule has 2 heterocycles. The van der Waals surface area contributed by atoms with Crippen LogP contribution < -0.4 is 20.3 Å². The van der Waals surface area contributed by atoms with Crippen LogP contribution in [0.15, 0.2) is 52.5 Å². The monoisotopic (exact) mass is 559 g/mol. The molecule has 2 atom stereocenters. The van der Waals surface area contributed by atoms with Crippen LogP contribution in [0.4, 0.5) is 10.2 Å². The Balaban J connectivity index is 0.00000341. The number of pyridine rings is 1. The van der Waals surface area contributed by atoms with Gasteiger partial charge < -0.3 is 20.3 Å². The first kappa shape index (κ1) is 25.5. The molecule has 1 aliphatic rings. The number of hydrogen-bond donors (Lipinski definition) is 2. The molecule has 0 radical (unpaired) electrons. The van der Waals surface area contributed by atoms with Crippen LogP contribution in [-0.4, -0.2) is 56.5 Å². The molecular formula is C22H31FIN5OS. The van der Waals surface area contributed by atoms with E-state index in [0.29, 0.717) is 18.3 Å². The Labute approximate surface area is 205 Å². The Bertz CT molecular complexity index is 856. The molecule has 0 aliphatic carbocycles. The number of anilines is 1. The van der Waals surface area contributed by atoms with E-state index < -0.39 is 0 Å². The van der Waals surface area contributed by atoms with Crippen LogP contribution in [0, 0.1) is 11.7 Å². The summed E-state index contributed by atoms with van der Waals surface area (Å²) < 4.78 is 19.4. The van der Waals surface area contributed by atoms with Crippen molar-refractivity contribution in [2.24, 2.45) is 10.9 Å². The van der Waals surface area contributed by atoms with Gasteiger partial charge in [-0.1, -0.05) is 19.1 Å². The van der Waals surface area contributed by atoms with Crippen molar-refractivity contribution < 1.29 is 9.13 Å². The number of aliphatic imine (C=N–C) groups is 1. The minimum Gasteiger partial charge on any atom is -0.496 e. The van der Waals surface area contributed by atoms with Crippen molar-refractivity contribution >= 4 is 47.5 Å². The van der Waals surface area contributed by atoms with E-state index in [0.717, 1.165) is 41.9 Å². The predicted octanol–water partition coefficient (Wildman–Crippen LogP) is 4.02. The van der Waals surface area contributed by atoms with Gasteiger partial charge in [-0.2, -0.15) is 0 Å². The Morgan fingerprint density at radius 1 is 1.35 bits per heavy atom. The molecule has 6 nitrogen and oxygen atoms in total. The van der Waals surface area contributed by atoms with Gasteiger partial charge in [0, 0.05) is 49.6 Å². The summed E-state index contributed by atoms with van der Waals surface area (Å²) in [7, 11) is 3.47. The second kappa shape index (κ2) is 12.9. The van der Waals surface area contributed by atoms with Gasteiger partial charge >= 0.3 is 0 Å². The van der Waals surface area contributed by atoms with Gasteiger partial charge in [0.1, 0.15) is 5.75 Å². The van der Waals surface area contributed by atoms with Gasteiger partial charge in [0.15, 0.2) is 17.6 Å². The molecule has 1 fully saturated rings. The summed E-state index contributed by atoms with van der Waals surface area (Å²) in [6.07, 6.45) is 2.54. The van der Waals surface area contributed by atoms with Gasteiger partial charge in [0.2, 0.25) is 0 Å². The van der Waals surface area contributed by atoms with Crippen LogP contribution in [-0.2, 0) is 0 Å². The largest absolute Gasteiger partial charge is 0.496 e. The smallest absolute Gasteiger partial charge is 0.191 e. The maximum absolute atomic E-state index is 14.0. The fourth-order valence-electron chi connectivity index (χ4n) is 3.37. The molecule has 0 bridgehead atoms. The van der Waals surface area contributed by atoms with Crippen molar-refractivity contribution in [3.63, 3.8) is 0 Å². The molecule has 1 saturated heterocycles. The third-order valence-corrected chi connectivity index (χ3v) is 6.39. The van der Waals surface area contributed by atoms with Gasteiger partial charge in [0.05, 0.1) is 7.11 Å². The molecule has 1 aliphatic heterocycles. The molecule has 2 aromatic rings. The molecule has 9 heteroatoms. The molecule has 3 rings (SSSR count). The molecule has 170 valence electrons. The SMILES string of the molecule is CN=C(NCC(C)CSc1ccccc1OC)NC1CCN(c2ncccc2F)C1.I. The first-order valence-electron chi connectivity index (χ1n) is 10.2. The average Bonchev–Trinajstić information content (AvgIpc) is 3.23. The van der Waals surface area contributed by atoms with Crippen LogP contribution in [0.2, 0.25) is 0 Å². The minimum atomic E-state index is -0.276. The number of ether oxygens (including phenoxy) is 1. The van der Waals surface area contributed by atoms with Crippen LogP contribution in [0.25, 0.3) is 0 Å². The molecule has 31 heavy (non-hydrogen) atoms. The first-order valence-corrected chi connectivity index (χ1v) is 11.2. The maximum Gasteiger partial charge on any atom is 0.191 e. The van der Waals surface area contributed by atoms with Crippen molar-refractivity contribution in [1.29, 1.82) is 0 Å². The lowest BCUT2D eigenvalue weighted by atomic mass is 10.2. The number of hydrogen-bond acceptors (Lipinski definition) is 5. The lowest BCUT2D eigenvalue weighted by Crippen LogP contribution is -2.46. The summed E-state index contributed by atoms with van der Waals surface area (Å²) in [5.41, 5.74) is 0. The van der Waals surface area contributed by atoms with Crippen LogP contribution in [0.3, 0.4) is 0 Å². The third-order valence-electron chi connectivity index (χ3n) is 5.00. The number of nitrogens with zero attached hydrogens (tertiary/aromatic N) is 3. The zero-order valence-electron chi connectivity index (χ0n) is 18.2. The zero-order chi connectivity index (χ0) is 21.3. The van der Waals surface area contributed by atoms with E-state index in [1.54, 1.807) is 38.2 Å². The Kier molecular flexibility index (Phi) is 10.7. The van der Waals surface area contributed by atoms with E-state index in [1.165, 1.54) is 6.07 Å². The van der Waals surface area contributed by atoms with Gasteiger partial charge in [-0.15, -0.1) is 35.7 Å². The normalized spacial score (nSPS) is 17.1. The number of rotatable bonds is 8. The first-order chi connectivity index (χ1) is 14.6. The second-order valence-electron chi connectivity index (χ2n) is 7.40.